The molecule has 0 saturated heterocycles. The lowest BCUT2D eigenvalue weighted by molar-refractivity contribution is -0.274. The molecule has 7 nitrogen and oxygen atoms in total. The van der Waals surface area contributed by atoms with Gasteiger partial charge >= 0.3 is 6.36 Å². The van der Waals surface area contributed by atoms with Crippen LogP contribution in [0.2, 0.25) is 0 Å². The normalized spacial score (nSPS) is 12.1. The Morgan fingerprint density at radius 1 is 1.11 bits per heavy atom. The van der Waals surface area contributed by atoms with Gasteiger partial charge in [0, 0.05) is 11.6 Å². The minimum Gasteiger partial charge on any atom is -0.405 e. The molecule has 0 bridgehead atoms. The van der Waals surface area contributed by atoms with Crippen molar-refractivity contribution in [1.82, 2.24) is 25.1 Å². The molecule has 0 amide bonds. The lowest BCUT2D eigenvalue weighted by atomic mass is 10.1. The Bertz CT molecular complexity index is 1130. The van der Waals surface area contributed by atoms with Gasteiger partial charge in [-0.15, -0.1) is 18.3 Å². The van der Waals surface area contributed by atoms with Crippen molar-refractivity contribution in [3.8, 4) is 28.6 Å². The van der Waals surface area contributed by atoms with Crippen molar-refractivity contribution in [2.75, 3.05) is 0 Å². The molecule has 0 unspecified atom stereocenters. The summed E-state index contributed by atoms with van der Waals surface area (Å²) >= 11 is 0. The predicted molar refractivity (Wildman–Crippen MR) is 93.3 cm³/mol. The molecule has 0 aliphatic carbocycles. The third kappa shape index (κ3) is 3.40. The SMILES string of the molecule is CC(C)n1nnc2cc(-c3nc(-c4ccccc4OC(F)(F)F)no3)ccc21. The van der Waals surface area contributed by atoms with Gasteiger partial charge in [0.1, 0.15) is 11.3 Å². The first-order valence-corrected chi connectivity index (χ1v) is 8.36. The number of para-hydroxylation sites is 1. The molecule has 0 saturated carbocycles. The van der Waals surface area contributed by atoms with E-state index >= 15 is 0 Å². The van der Waals surface area contributed by atoms with Gasteiger partial charge < -0.3 is 9.26 Å². The molecule has 2 aromatic heterocycles. The highest BCUT2D eigenvalue weighted by Gasteiger charge is 2.32. The van der Waals surface area contributed by atoms with E-state index < -0.39 is 12.1 Å². The van der Waals surface area contributed by atoms with Crippen LogP contribution in [0, 0.1) is 0 Å². The smallest absolute Gasteiger partial charge is 0.405 e. The van der Waals surface area contributed by atoms with Crippen molar-refractivity contribution < 1.29 is 22.4 Å². The Balaban J connectivity index is 1.70. The largest absolute Gasteiger partial charge is 0.573 e. The van der Waals surface area contributed by atoms with Crippen molar-refractivity contribution >= 4 is 11.0 Å². The van der Waals surface area contributed by atoms with Crippen molar-refractivity contribution in [2.24, 2.45) is 0 Å². The molecule has 0 aliphatic heterocycles. The fourth-order valence-electron chi connectivity index (χ4n) is 2.77. The summed E-state index contributed by atoms with van der Waals surface area (Å²) in [5, 5.41) is 12.0. The Morgan fingerprint density at radius 3 is 2.64 bits per heavy atom. The molecule has 0 aliphatic rings. The molecule has 28 heavy (non-hydrogen) atoms. The summed E-state index contributed by atoms with van der Waals surface area (Å²) in [7, 11) is 0. The Morgan fingerprint density at radius 2 is 1.89 bits per heavy atom. The van der Waals surface area contributed by atoms with E-state index in [1.807, 2.05) is 19.9 Å². The summed E-state index contributed by atoms with van der Waals surface area (Å²) in [4.78, 5) is 4.21. The zero-order valence-corrected chi connectivity index (χ0v) is 14.8. The van der Waals surface area contributed by atoms with Gasteiger partial charge in [-0.05, 0) is 44.2 Å². The van der Waals surface area contributed by atoms with Gasteiger partial charge in [0.25, 0.3) is 5.89 Å². The Kier molecular flexibility index (Phi) is 4.25. The molecule has 2 aromatic carbocycles. The number of benzene rings is 2. The van der Waals surface area contributed by atoms with E-state index in [1.54, 1.807) is 22.9 Å². The Hall–Kier alpha value is -3.43. The molecule has 4 aromatic rings. The predicted octanol–water partition coefficient (Wildman–Crippen LogP) is 4.63. The number of hydrogen-bond acceptors (Lipinski definition) is 6. The van der Waals surface area contributed by atoms with Crippen LogP contribution in [0.4, 0.5) is 13.2 Å². The number of ether oxygens (including phenoxy) is 1. The summed E-state index contributed by atoms with van der Waals surface area (Å²) in [6.07, 6.45) is -4.82. The summed E-state index contributed by atoms with van der Waals surface area (Å²) < 4.78 is 48.9. The van der Waals surface area contributed by atoms with Gasteiger partial charge in [0.2, 0.25) is 5.82 Å². The Labute approximate surface area is 156 Å². The lowest BCUT2D eigenvalue weighted by Crippen LogP contribution is -2.17. The van der Waals surface area contributed by atoms with Crippen LogP contribution < -0.4 is 4.74 Å². The highest BCUT2D eigenvalue weighted by atomic mass is 19.4. The molecule has 4 rings (SSSR count). The van der Waals surface area contributed by atoms with Crippen LogP contribution in [0.25, 0.3) is 33.9 Å². The van der Waals surface area contributed by atoms with Gasteiger partial charge in [0.15, 0.2) is 0 Å². The van der Waals surface area contributed by atoms with Crippen LogP contribution in [0.5, 0.6) is 5.75 Å². The minimum atomic E-state index is -4.82. The minimum absolute atomic E-state index is 0.0132. The van der Waals surface area contributed by atoms with Crippen LogP contribution in [-0.2, 0) is 0 Å². The molecular weight excluding hydrogens is 375 g/mol. The number of rotatable bonds is 4. The number of nitrogens with zero attached hydrogens (tertiary/aromatic N) is 5. The summed E-state index contributed by atoms with van der Waals surface area (Å²) in [6.45, 7) is 3.99. The second-order valence-electron chi connectivity index (χ2n) is 6.30. The molecule has 0 N–H and O–H groups in total. The quantitative estimate of drug-likeness (QED) is 0.506. The number of alkyl halides is 3. The molecule has 2 heterocycles. The number of fused-ring (bicyclic) bond motifs is 1. The van der Waals surface area contributed by atoms with Crippen LogP contribution >= 0.6 is 0 Å². The van der Waals surface area contributed by atoms with E-state index in [2.05, 4.69) is 25.2 Å². The van der Waals surface area contributed by atoms with Crippen molar-refractivity contribution in [3.63, 3.8) is 0 Å². The monoisotopic (exact) mass is 389 g/mol. The lowest BCUT2D eigenvalue weighted by Gasteiger charge is -2.10. The molecule has 0 fully saturated rings. The van der Waals surface area contributed by atoms with Gasteiger partial charge in [0.05, 0.1) is 11.1 Å². The standard InChI is InChI=1S/C18H14F3N5O2/c1-10(2)26-14-8-7-11(9-13(14)23-25-26)17-22-16(24-28-17)12-5-3-4-6-15(12)27-18(19,20)21/h3-10H,1-2H3. The third-order valence-electron chi connectivity index (χ3n) is 3.99. The topological polar surface area (TPSA) is 78.9 Å². The maximum absolute atomic E-state index is 12.6. The number of halogens is 3. The van der Waals surface area contributed by atoms with Crippen molar-refractivity contribution in [3.05, 3.63) is 42.5 Å². The first kappa shape index (κ1) is 18.0. The molecular formula is C18H14F3N5O2. The van der Waals surface area contributed by atoms with Crippen molar-refractivity contribution in [2.45, 2.75) is 26.3 Å². The fourth-order valence-corrected chi connectivity index (χ4v) is 2.77. The molecule has 144 valence electrons. The van der Waals surface area contributed by atoms with E-state index in [4.69, 9.17) is 4.52 Å². The maximum Gasteiger partial charge on any atom is 0.573 e. The van der Waals surface area contributed by atoms with E-state index in [0.29, 0.717) is 11.1 Å². The van der Waals surface area contributed by atoms with E-state index in [1.165, 1.54) is 18.2 Å². The highest BCUT2D eigenvalue weighted by molar-refractivity contribution is 5.80. The molecule has 0 spiro atoms. The van der Waals surface area contributed by atoms with Gasteiger partial charge in [-0.25, -0.2) is 4.68 Å². The number of hydrogen-bond donors (Lipinski definition) is 0. The molecule has 0 atom stereocenters. The summed E-state index contributed by atoms with van der Waals surface area (Å²) in [5.74, 6) is -0.267. The third-order valence-corrected chi connectivity index (χ3v) is 3.99. The molecule has 10 heteroatoms. The first-order chi connectivity index (χ1) is 13.3. The van der Waals surface area contributed by atoms with Crippen LogP contribution in [0.1, 0.15) is 19.9 Å². The summed E-state index contributed by atoms with van der Waals surface area (Å²) in [5.41, 5.74) is 2.15. The average Bonchev–Trinajstić information content (AvgIpc) is 3.27. The first-order valence-electron chi connectivity index (χ1n) is 8.36. The zero-order valence-electron chi connectivity index (χ0n) is 14.8. The average molecular weight is 389 g/mol. The second kappa shape index (κ2) is 6.63. The molecule has 0 radical (unpaired) electrons. The van der Waals surface area contributed by atoms with Crippen LogP contribution in [0.3, 0.4) is 0 Å². The fraction of sp³-hybridized carbons (Fsp3) is 0.222. The zero-order chi connectivity index (χ0) is 19.9. The van der Waals surface area contributed by atoms with Crippen molar-refractivity contribution in [1.29, 1.82) is 0 Å². The van der Waals surface area contributed by atoms with Crippen LogP contribution in [0.15, 0.2) is 47.0 Å². The van der Waals surface area contributed by atoms with Crippen LogP contribution in [-0.4, -0.2) is 31.5 Å². The highest BCUT2D eigenvalue weighted by Crippen LogP contribution is 2.33. The number of aromatic nitrogens is 5. The van der Waals surface area contributed by atoms with E-state index in [-0.39, 0.29) is 23.3 Å². The maximum atomic E-state index is 12.6. The van der Waals surface area contributed by atoms with E-state index in [0.717, 1.165) is 5.52 Å². The van der Waals surface area contributed by atoms with Gasteiger partial charge in [-0.2, -0.15) is 4.98 Å². The summed E-state index contributed by atoms with van der Waals surface area (Å²) in [6, 6.07) is 11.1. The second-order valence-corrected chi connectivity index (χ2v) is 6.30. The van der Waals surface area contributed by atoms with Gasteiger partial charge in [-0.3, -0.25) is 0 Å². The van der Waals surface area contributed by atoms with Gasteiger partial charge in [-0.1, -0.05) is 22.5 Å². The van der Waals surface area contributed by atoms with E-state index in [9.17, 15) is 13.2 Å².